The van der Waals surface area contributed by atoms with Crippen molar-refractivity contribution in [3.05, 3.63) is 45.8 Å². The fourth-order valence-corrected chi connectivity index (χ4v) is 4.19. The number of fused-ring (bicyclic) bond motifs is 1. The molecule has 1 aromatic carbocycles. The molecular formula is C19H16Br2N2O6. The number of carbonyl (C=O) groups is 4. The zero-order valence-electron chi connectivity index (χ0n) is 15.6. The molecular weight excluding hydrogens is 512 g/mol. The van der Waals surface area contributed by atoms with Crippen LogP contribution in [0.4, 0.5) is 4.79 Å². The van der Waals surface area contributed by atoms with Gasteiger partial charge in [0, 0.05) is 14.1 Å². The van der Waals surface area contributed by atoms with Gasteiger partial charge in [0.2, 0.25) is 0 Å². The van der Waals surface area contributed by atoms with E-state index in [0.717, 1.165) is 15.4 Å². The Morgan fingerprint density at radius 2 is 1.66 bits per heavy atom. The second kappa shape index (κ2) is 7.83. The molecule has 3 rings (SSSR count). The van der Waals surface area contributed by atoms with Gasteiger partial charge in [-0.15, -0.1) is 0 Å². The molecule has 4 amide bonds. The molecule has 0 aliphatic carbocycles. The van der Waals surface area contributed by atoms with E-state index in [1.807, 2.05) is 13.0 Å². The number of aryl methyl sites for hydroxylation is 1. The Balaban J connectivity index is 1.96. The maximum absolute atomic E-state index is 12.9. The molecule has 1 aliphatic rings. The van der Waals surface area contributed by atoms with E-state index in [1.165, 1.54) is 20.4 Å². The van der Waals surface area contributed by atoms with Gasteiger partial charge in [0.05, 0.1) is 26.9 Å². The molecule has 2 heterocycles. The molecule has 0 bridgehead atoms. The lowest BCUT2D eigenvalue weighted by Gasteiger charge is -2.33. The Bertz CT molecular complexity index is 1090. The number of nitrogens with zero attached hydrogens (tertiary/aromatic N) is 2. The molecule has 8 nitrogen and oxygen atoms in total. The molecule has 1 fully saturated rings. The maximum atomic E-state index is 12.9. The highest BCUT2D eigenvalue weighted by molar-refractivity contribution is 9.12. The molecule has 29 heavy (non-hydrogen) atoms. The van der Waals surface area contributed by atoms with E-state index in [0.29, 0.717) is 11.0 Å². The monoisotopic (exact) mass is 526 g/mol. The number of benzene rings is 1. The Kier molecular flexibility index (Phi) is 5.77. The summed E-state index contributed by atoms with van der Waals surface area (Å²) in [6.45, 7) is 1.84. The molecule has 0 N–H and O–H groups in total. The van der Waals surface area contributed by atoms with Gasteiger partial charge >= 0.3 is 6.03 Å². The second-order valence-electron chi connectivity index (χ2n) is 6.74. The molecule has 0 spiro atoms. The van der Waals surface area contributed by atoms with Crippen molar-refractivity contribution in [2.75, 3.05) is 14.1 Å². The van der Waals surface area contributed by atoms with Gasteiger partial charge in [-0.3, -0.25) is 29.0 Å². The topological polar surface area (TPSA) is 105 Å². The van der Waals surface area contributed by atoms with Crippen molar-refractivity contribution in [3.63, 3.8) is 0 Å². The van der Waals surface area contributed by atoms with Gasteiger partial charge in [0.1, 0.15) is 5.58 Å². The van der Waals surface area contributed by atoms with Crippen LogP contribution in [0.15, 0.2) is 33.7 Å². The van der Waals surface area contributed by atoms with Gasteiger partial charge in [-0.2, -0.15) is 0 Å². The summed E-state index contributed by atoms with van der Waals surface area (Å²) in [4.78, 5) is 62.0. The van der Waals surface area contributed by atoms with Gasteiger partial charge in [0.25, 0.3) is 11.8 Å². The minimum Gasteiger partial charge on any atom is -0.464 e. The standard InChI is InChI=1S/C19H16Br2N2O6/c1-8-4-5-11-9(6-8)15(24)10(7-29-11)13(20)14(21)16(25)12-17(26)22(2)19(28)23(3)18(12)27/h4-7,12-14H,1-3H3. The molecule has 2 aromatic rings. The number of imide groups is 2. The third kappa shape index (κ3) is 3.55. The smallest absolute Gasteiger partial charge is 0.332 e. The van der Waals surface area contributed by atoms with Crippen molar-refractivity contribution in [1.29, 1.82) is 0 Å². The first-order chi connectivity index (χ1) is 13.6. The minimum atomic E-state index is -1.68. The van der Waals surface area contributed by atoms with Crippen LogP contribution in [0, 0.1) is 12.8 Å². The number of hydrogen-bond donors (Lipinski definition) is 0. The number of hydrogen-bond acceptors (Lipinski definition) is 6. The molecule has 1 aliphatic heterocycles. The largest absolute Gasteiger partial charge is 0.464 e. The number of barbiturate groups is 1. The van der Waals surface area contributed by atoms with Crippen molar-refractivity contribution in [3.8, 4) is 0 Å². The summed E-state index contributed by atoms with van der Waals surface area (Å²) in [7, 11) is 2.39. The van der Waals surface area contributed by atoms with Gasteiger partial charge in [-0.25, -0.2) is 4.79 Å². The van der Waals surface area contributed by atoms with Crippen LogP contribution in [-0.4, -0.2) is 52.4 Å². The second-order valence-corrected chi connectivity index (χ2v) is 8.71. The van der Waals surface area contributed by atoms with Crippen molar-refractivity contribution < 1.29 is 23.6 Å². The number of ketones is 1. The zero-order chi connectivity index (χ0) is 21.6. The molecule has 2 atom stereocenters. The summed E-state index contributed by atoms with van der Waals surface area (Å²) in [6, 6.07) is 4.36. The summed E-state index contributed by atoms with van der Waals surface area (Å²) >= 11 is 6.51. The van der Waals surface area contributed by atoms with E-state index >= 15 is 0 Å². The molecule has 1 aromatic heterocycles. The Morgan fingerprint density at radius 3 is 2.24 bits per heavy atom. The van der Waals surface area contributed by atoms with Crippen LogP contribution in [0.2, 0.25) is 0 Å². The Morgan fingerprint density at radius 1 is 1.07 bits per heavy atom. The Hall–Kier alpha value is -2.33. The third-order valence-electron chi connectivity index (χ3n) is 4.79. The number of Topliss-reactive ketones (excluding diaryl/α,β-unsaturated/α-hetero) is 1. The van der Waals surface area contributed by atoms with Crippen molar-refractivity contribution >= 4 is 66.5 Å². The van der Waals surface area contributed by atoms with Gasteiger partial charge in [-0.05, 0) is 19.1 Å². The molecule has 0 radical (unpaired) electrons. The quantitative estimate of drug-likeness (QED) is 0.447. The van der Waals surface area contributed by atoms with Crippen molar-refractivity contribution in [1.82, 2.24) is 9.80 Å². The molecule has 1 saturated heterocycles. The highest BCUT2D eigenvalue weighted by atomic mass is 79.9. The van der Waals surface area contributed by atoms with Crippen LogP contribution in [0.1, 0.15) is 16.0 Å². The number of amides is 4. The van der Waals surface area contributed by atoms with Crippen molar-refractivity contribution in [2.45, 2.75) is 16.6 Å². The molecule has 10 heteroatoms. The van der Waals surface area contributed by atoms with Crippen LogP contribution in [0.3, 0.4) is 0 Å². The van der Waals surface area contributed by atoms with Gasteiger partial charge in [-0.1, -0.05) is 43.5 Å². The van der Waals surface area contributed by atoms with E-state index in [9.17, 15) is 24.0 Å². The number of alkyl halides is 2. The fourth-order valence-electron chi connectivity index (χ4n) is 3.06. The molecule has 0 saturated carbocycles. The number of carbonyl (C=O) groups excluding carboxylic acids is 4. The minimum absolute atomic E-state index is 0.159. The number of halogens is 2. The van der Waals surface area contributed by atoms with Crippen LogP contribution < -0.4 is 5.43 Å². The zero-order valence-corrected chi connectivity index (χ0v) is 18.8. The first kappa shape index (κ1) is 21.4. The lowest BCUT2D eigenvalue weighted by atomic mass is 9.94. The predicted molar refractivity (Wildman–Crippen MR) is 111 cm³/mol. The number of rotatable bonds is 4. The van der Waals surface area contributed by atoms with E-state index in [-0.39, 0.29) is 11.0 Å². The van der Waals surface area contributed by atoms with Gasteiger partial charge < -0.3 is 4.42 Å². The van der Waals surface area contributed by atoms with Crippen molar-refractivity contribution in [2.24, 2.45) is 5.92 Å². The SMILES string of the molecule is Cc1ccc2occ(C(Br)C(Br)C(=O)C3C(=O)N(C)C(=O)N(C)C3=O)c(=O)c2c1. The summed E-state index contributed by atoms with van der Waals surface area (Å²) in [5.41, 5.74) is 1.10. The first-order valence-electron chi connectivity index (χ1n) is 8.49. The van der Waals surface area contributed by atoms with Crippen LogP contribution in [0.5, 0.6) is 0 Å². The normalized spacial score (nSPS) is 17.8. The lowest BCUT2D eigenvalue weighted by Crippen LogP contribution is -2.60. The van der Waals surface area contributed by atoms with Crippen LogP contribution >= 0.6 is 31.9 Å². The fraction of sp³-hybridized carbons (Fsp3) is 0.316. The van der Waals surface area contributed by atoms with E-state index in [4.69, 9.17) is 4.42 Å². The predicted octanol–water partition coefficient (Wildman–Crippen LogP) is 2.54. The summed E-state index contributed by atoms with van der Waals surface area (Å²) in [6.07, 6.45) is 1.24. The van der Waals surface area contributed by atoms with Crippen LogP contribution in [0.25, 0.3) is 11.0 Å². The average molecular weight is 528 g/mol. The van der Waals surface area contributed by atoms with E-state index in [2.05, 4.69) is 31.9 Å². The summed E-state index contributed by atoms with van der Waals surface area (Å²) in [5.74, 6) is -4.26. The average Bonchev–Trinajstić information content (AvgIpc) is 2.70. The van der Waals surface area contributed by atoms with E-state index < -0.39 is 39.2 Å². The Labute approximate surface area is 182 Å². The highest BCUT2D eigenvalue weighted by Gasteiger charge is 2.49. The lowest BCUT2D eigenvalue weighted by molar-refractivity contribution is -0.151. The maximum Gasteiger partial charge on any atom is 0.332 e. The highest BCUT2D eigenvalue weighted by Crippen LogP contribution is 2.34. The number of urea groups is 1. The molecule has 152 valence electrons. The van der Waals surface area contributed by atoms with E-state index in [1.54, 1.807) is 12.1 Å². The first-order valence-corrected chi connectivity index (χ1v) is 10.3. The molecule has 2 unspecified atom stereocenters. The van der Waals surface area contributed by atoms with Gasteiger partial charge in [0.15, 0.2) is 17.1 Å². The summed E-state index contributed by atoms with van der Waals surface area (Å²) < 4.78 is 5.51. The van der Waals surface area contributed by atoms with Crippen LogP contribution in [-0.2, 0) is 14.4 Å². The summed E-state index contributed by atoms with van der Waals surface area (Å²) in [5, 5.41) is 0.356. The third-order valence-corrected chi connectivity index (χ3v) is 7.51.